The first-order chi connectivity index (χ1) is 9.10. The summed E-state index contributed by atoms with van der Waals surface area (Å²) in [6, 6.07) is 9.34. The van der Waals surface area contributed by atoms with Crippen LogP contribution < -0.4 is 4.74 Å². The molecule has 0 amide bonds. The molecule has 1 heterocycles. The first-order valence-electron chi connectivity index (χ1n) is 5.66. The molecule has 1 aromatic carbocycles. The van der Waals surface area contributed by atoms with Crippen LogP contribution in [0.15, 0.2) is 34.7 Å². The summed E-state index contributed by atoms with van der Waals surface area (Å²) in [5, 5.41) is 0. The van der Waals surface area contributed by atoms with Crippen LogP contribution >= 0.6 is 22.6 Å². The van der Waals surface area contributed by atoms with Gasteiger partial charge in [-0.25, -0.2) is 4.79 Å². The molecule has 0 bridgehead atoms. The van der Waals surface area contributed by atoms with E-state index < -0.39 is 5.97 Å². The Kier molecular flexibility index (Phi) is 4.47. The van der Waals surface area contributed by atoms with Crippen LogP contribution in [0.3, 0.4) is 0 Å². The molecule has 0 aliphatic carbocycles. The van der Waals surface area contributed by atoms with Gasteiger partial charge in [-0.3, -0.25) is 0 Å². The second kappa shape index (κ2) is 6.10. The lowest BCUT2D eigenvalue weighted by Crippen LogP contribution is -2.00. The first-order valence-corrected chi connectivity index (χ1v) is 6.74. The Bertz CT molecular complexity index is 572. The minimum atomic E-state index is -0.401. The van der Waals surface area contributed by atoms with Gasteiger partial charge in [0.1, 0.15) is 29.4 Å². The third-order valence-electron chi connectivity index (χ3n) is 2.57. The Morgan fingerprint density at radius 1 is 1.32 bits per heavy atom. The van der Waals surface area contributed by atoms with Crippen molar-refractivity contribution in [2.75, 3.05) is 7.11 Å². The number of halogens is 1. The summed E-state index contributed by atoms with van der Waals surface area (Å²) in [6.07, 6.45) is 0. The quantitative estimate of drug-likeness (QED) is 0.608. The van der Waals surface area contributed by atoms with Crippen molar-refractivity contribution in [1.82, 2.24) is 0 Å². The molecule has 0 aliphatic rings. The van der Waals surface area contributed by atoms with Crippen LogP contribution in [-0.2, 0) is 11.3 Å². The third kappa shape index (κ3) is 3.50. The van der Waals surface area contributed by atoms with E-state index in [1.165, 1.54) is 7.11 Å². The standard InChI is InChI=1S/C14H13IO4/c1-9-13(14(16)17-2)7-12(19-9)8-18-11-5-3-10(15)4-6-11/h3-7H,8H2,1-2H3. The van der Waals surface area contributed by atoms with Gasteiger partial charge in [0.15, 0.2) is 0 Å². The normalized spacial score (nSPS) is 10.3. The topological polar surface area (TPSA) is 48.7 Å². The average Bonchev–Trinajstić information content (AvgIpc) is 2.78. The molecule has 0 fully saturated rings. The molecular formula is C14H13IO4. The summed E-state index contributed by atoms with van der Waals surface area (Å²) in [5.74, 6) is 1.49. The molecule has 0 aliphatic heterocycles. The number of aryl methyl sites for hydroxylation is 1. The molecule has 0 saturated carbocycles. The predicted octanol–water partition coefficient (Wildman–Crippen LogP) is 3.56. The van der Waals surface area contributed by atoms with Gasteiger partial charge in [-0.1, -0.05) is 0 Å². The van der Waals surface area contributed by atoms with E-state index in [1.807, 2.05) is 24.3 Å². The molecule has 100 valence electrons. The maximum absolute atomic E-state index is 11.4. The third-order valence-corrected chi connectivity index (χ3v) is 3.29. The first kappa shape index (κ1) is 13.9. The monoisotopic (exact) mass is 372 g/mol. The van der Waals surface area contributed by atoms with E-state index in [9.17, 15) is 4.79 Å². The molecular weight excluding hydrogens is 359 g/mol. The van der Waals surface area contributed by atoms with E-state index in [0.717, 1.165) is 9.32 Å². The van der Waals surface area contributed by atoms with Gasteiger partial charge in [-0.2, -0.15) is 0 Å². The molecule has 4 nitrogen and oxygen atoms in total. The van der Waals surface area contributed by atoms with Gasteiger partial charge in [0, 0.05) is 3.57 Å². The number of rotatable bonds is 4. The van der Waals surface area contributed by atoms with E-state index in [0.29, 0.717) is 17.1 Å². The van der Waals surface area contributed by atoms with Gasteiger partial charge >= 0.3 is 5.97 Å². The molecule has 0 saturated heterocycles. The van der Waals surface area contributed by atoms with Gasteiger partial charge in [0.2, 0.25) is 0 Å². The fraction of sp³-hybridized carbons (Fsp3) is 0.214. The van der Waals surface area contributed by atoms with Gasteiger partial charge < -0.3 is 13.9 Å². The lowest BCUT2D eigenvalue weighted by Gasteiger charge is -2.03. The molecule has 0 radical (unpaired) electrons. The minimum absolute atomic E-state index is 0.276. The van der Waals surface area contributed by atoms with Crippen molar-refractivity contribution in [3.05, 3.63) is 51.0 Å². The van der Waals surface area contributed by atoms with E-state index in [2.05, 4.69) is 27.3 Å². The van der Waals surface area contributed by atoms with Crippen LogP contribution in [0.4, 0.5) is 0 Å². The molecule has 0 unspecified atom stereocenters. The number of carbonyl (C=O) groups excluding carboxylic acids is 1. The zero-order chi connectivity index (χ0) is 13.8. The summed E-state index contributed by atoms with van der Waals surface area (Å²) in [4.78, 5) is 11.4. The fourth-order valence-corrected chi connectivity index (χ4v) is 1.97. The number of furan rings is 1. The molecule has 0 N–H and O–H groups in total. The Hall–Kier alpha value is -1.50. The smallest absolute Gasteiger partial charge is 0.341 e. The molecule has 0 spiro atoms. The molecule has 2 rings (SSSR count). The number of hydrogen-bond acceptors (Lipinski definition) is 4. The molecule has 19 heavy (non-hydrogen) atoms. The minimum Gasteiger partial charge on any atom is -0.486 e. The number of carbonyl (C=O) groups is 1. The Labute approximate surface area is 124 Å². The fourth-order valence-electron chi connectivity index (χ4n) is 1.61. The summed E-state index contributed by atoms with van der Waals surface area (Å²) in [5.41, 5.74) is 0.434. The van der Waals surface area contributed by atoms with Gasteiger partial charge in [0.25, 0.3) is 0 Å². The van der Waals surface area contributed by atoms with Crippen molar-refractivity contribution >= 4 is 28.6 Å². The van der Waals surface area contributed by atoms with Gasteiger partial charge in [0.05, 0.1) is 7.11 Å². The summed E-state index contributed by atoms with van der Waals surface area (Å²) in [6.45, 7) is 2.00. The van der Waals surface area contributed by atoms with Gasteiger partial charge in [-0.05, 0) is 59.8 Å². The van der Waals surface area contributed by atoms with Crippen LogP contribution in [0, 0.1) is 10.5 Å². The molecule has 0 atom stereocenters. The van der Waals surface area contributed by atoms with Crippen molar-refractivity contribution in [1.29, 1.82) is 0 Å². The van der Waals surface area contributed by atoms with Crippen molar-refractivity contribution in [3.63, 3.8) is 0 Å². The lowest BCUT2D eigenvalue weighted by molar-refractivity contribution is 0.0599. The lowest BCUT2D eigenvalue weighted by atomic mass is 10.2. The second-order valence-corrected chi connectivity index (χ2v) is 5.16. The Morgan fingerprint density at radius 2 is 2.00 bits per heavy atom. The number of methoxy groups -OCH3 is 1. The number of esters is 1. The van der Waals surface area contributed by atoms with Crippen LogP contribution in [0.5, 0.6) is 5.75 Å². The second-order valence-electron chi connectivity index (χ2n) is 3.92. The zero-order valence-electron chi connectivity index (χ0n) is 10.6. The zero-order valence-corrected chi connectivity index (χ0v) is 12.8. The SMILES string of the molecule is COC(=O)c1cc(COc2ccc(I)cc2)oc1C. The average molecular weight is 372 g/mol. The summed E-state index contributed by atoms with van der Waals surface area (Å²) < 4.78 is 16.8. The molecule has 1 aromatic heterocycles. The van der Waals surface area contributed by atoms with Crippen LogP contribution in [0.1, 0.15) is 21.9 Å². The molecule has 2 aromatic rings. The maximum Gasteiger partial charge on any atom is 0.341 e. The van der Waals surface area contributed by atoms with Crippen LogP contribution in [0.2, 0.25) is 0 Å². The Morgan fingerprint density at radius 3 is 2.63 bits per heavy atom. The van der Waals surface area contributed by atoms with Crippen LogP contribution in [-0.4, -0.2) is 13.1 Å². The highest BCUT2D eigenvalue weighted by molar-refractivity contribution is 14.1. The highest BCUT2D eigenvalue weighted by Gasteiger charge is 2.15. The molecule has 5 heteroatoms. The number of hydrogen-bond donors (Lipinski definition) is 0. The largest absolute Gasteiger partial charge is 0.486 e. The number of benzene rings is 1. The Balaban J connectivity index is 2.04. The van der Waals surface area contributed by atoms with Crippen molar-refractivity contribution in [2.45, 2.75) is 13.5 Å². The van der Waals surface area contributed by atoms with Crippen molar-refractivity contribution < 1.29 is 18.7 Å². The van der Waals surface area contributed by atoms with E-state index >= 15 is 0 Å². The van der Waals surface area contributed by atoms with Crippen molar-refractivity contribution in [2.24, 2.45) is 0 Å². The van der Waals surface area contributed by atoms with E-state index in [1.54, 1.807) is 13.0 Å². The van der Waals surface area contributed by atoms with E-state index in [-0.39, 0.29) is 6.61 Å². The summed E-state index contributed by atoms with van der Waals surface area (Å²) >= 11 is 2.23. The van der Waals surface area contributed by atoms with Crippen molar-refractivity contribution in [3.8, 4) is 5.75 Å². The number of ether oxygens (including phenoxy) is 2. The highest BCUT2D eigenvalue weighted by Crippen LogP contribution is 2.19. The highest BCUT2D eigenvalue weighted by atomic mass is 127. The van der Waals surface area contributed by atoms with Crippen LogP contribution in [0.25, 0.3) is 0 Å². The summed E-state index contributed by atoms with van der Waals surface area (Å²) in [7, 11) is 1.34. The van der Waals surface area contributed by atoms with E-state index in [4.69, 9.17) is 9.15 Å². The van der Waals surface area contributed by atoms with Gasteiger partial charge in [-0.15, -0.1) is 0 Å². The maximum atomic E-state index is 11.4. The predicted molar refractivity (Wildman–Crippen MR) is 78.3 cm³/mol.